The van der Waals surface area contributed by atoms with Crippen LogP contribution in [0.25, 0.3) is 11.0 Å². The number of piperidine rings is 1. The maximum atomic E-state index is 12.0. The number of aromatic amines is 1. The van der Waals surface area contributed by atoms with E-state index in [1.54, 1.807) is 7.11 Å². The molecule has 6 heteroatoms. The van der Waals surface area contributed by atoms with Crippen molar-refractivity contribution in [3.63, 3.8) is 0 Å². The first-order valence-corrected chi connectivity index (χ1v) is 7.73. The third-order valence-corrected chi connectivity index (χ3v) is 4.27. The molecule has 0 spiro atoms. The van der Waals surface area contributed by atoms with Crippen molar-refractivity contribution in [1.82, 2.24) is 20.2 Å². The van der Waals surface area contributed by atoms with Crippen molar-refractivity contribution in [2.24, 2.45) is 0 Å². The number of rotatable bonds is 4. The number of pyridine rings is 1. The summed E-state index contributed by atoms with van der Waals surface area (Å²) in [4.78, 5) is 21.7. The van der Waals surface area contributed by atoms with Gasteiger partial charge >= 0.3 is 6.03 Å². The normalized spacial score (nSPS) is 16.1. The van der Waals surface area contributed by atoms with E-state index < -0.39 is 0 Å². The Morgan fingerprint density at radius 2 is 2.32 bits per heavy atom. The molecule has 118 valence electrons. The Kier molecular flexibility index (Phi) is 4.58. The molecule has 0 aromatic carbocycles. The van der Waals surface area contributed by atoms with Gasteiger partial charge in [-0.05, 0) is 36.5 Å². The fourth-order valence-corrected chi connectivity index (χ4v) is 3.05. The van der Waals surface area contributed by atoms with Gasteiger partial charge in [0.25, 0.3) is 0 Å². The Bertz CT molecular complexity index is 632. The average Bonchev–Trinajstić information content (AvgIpc) is 2.99. The molecule has 1 aliphatic rings. The second-order valence-corrected chi connectivity index (χ2v) is 5.63. The van der Waals surface area contributed by atoms with E-state index in [1.165, 1.54) is 5.56 Å². The smallest absolute Gasteiger partial charge is 0.317 e. The van der Waals surface area contributed by atoms with E-state index in [9.17, 15) is 4.79 Å². The Balaban J connectivity index is 1.59. The quantitative estimate of drug-likeness (QED) is 0.850. The van der Waals surface area contributed by atoms with Gasteiger partial charge in [-0.15, -0.1) is 0 Å². The van der Waals surface area contributed by atoms with Crippen molar-refractivity contribution < 1.29 is 9.53 Å². The Morgan fingerprint density at radius 1 is 1.50 bits per heavy atom. The lowest BCUT2D eigenvalue weighted by atomic mass is 9.90. The number of nitrogens with one attached hydrogen (secondary N) is 2. The van der Waals surface area contributed by atoms with Gasteiger partial charge in [-0.3, -0.25) is 4.98 Å². The standard InChI is InChI=1S/C16H22N4O2/c1-22-10-7-18-16(21)20-8-4-12(5-9-20)13-11-19-14-3-2-6-17-15(13)14/h2-3,6,11-12,19H,4-5,7-10H2,1H3,(H,18,21). The highest BCUT2D eigenvalue weighted by Crippen LogP contribution is 2.32. The summed E-state index contributed by atoms with van der Waals surface area (Å²) in [7, 11) is 1.63. The Morgan fingerprint density at radius 3 is 3.09 bits per heavy atom. The number of ether oxygens (including phenoxy) is 1. The number of aromatic nitrogens is 2. The molecule has 3 rings (SSSR count). The summed E-state index contributed by atoms with van der Waals surface area (Å²) in [5.41, 5.74) is 3.41. The van der Waals surface area contributed by atoms with Gasteiger partial charge in [0.1, 0.15) is 0 Å². The zero-order chi connectivity index (χ0) is 15.4. The molecule has 3 heterocycles. The first kappa shape index (κ1) is 14.8. The number of carbonyl (C=O) groups excluding carboxylic acids is 1. The molecular formula is C16H22N4O2. The minimum Gasteiger partial charge on any atom is -0.383 e. The van der Waals surface area contributed by atoms with Crippen LogP contribution in [0.5, 0.6) is 0 Å². The lowest BCUT2D eigenvalue weighted by molar-refractivity contribution is 0.169. The molecule has 2 amide bonds. The fourth-order valence-electron chi connectivity index (χ4n) is 3.05. The van der Waals surface area contributed by atoms with Gasteiger partial charge in [0.05, 0.1) is 17.6 Å². The van der Waals surface area contributed by atoms with E-state index in [-0.39, 0.29) is 6.03 Å². The predicted molar refractivity (Wildman–Crippen MR) is 84.9 cm³/mol. The SMILES string of the molecule is COCCNC(=O)N1CCC(c2c[nH]c3cccnc23)CC1. The summed E-state index contributed by atoms with van der Waals surface area (Å²) in [5, 5.41) is 2.88. The van der Waals surface area contributed by atoms with Crippen molar-refractivity contribution >= 4 is 17.1 Å². The Labute approximate surface area is 129 Å². The lowest BCUT2D eigenvalue weighted by Gasteiger charge is -2.31. The number of H-pyrrole nitrogens is 1. The zero-order valence-electron chi connectivity index (χ0n) is 12.8. The molecular weight excluding hydrogens is 280 g/mol. The number of likely N-dealkylation sites (tertiary alicyclic amines) is 1. The van der Waals surface area contributed by atoms with E-state index >= 15 is 0 Å². The maximum Gasteiger partial charge on any atom is 0.317 e. The number of urea groups is 1. The van der Waals surface area contributed by atoms with Crippen molar-refractivity contribution in [2.75, 3.05) is 33.4 Å². The van der Waals surface area contributed by atoms with Crippen LogP contribution in [0.15, 0.2) is 24.5 Å². The van der Waals surface area contributed by atoms with Gasteiger partial charge in [-0.1, -0.05) is 0 Å². The van der Waals surface area contributed by atoms with Gasteiger partial charge in [0, 0.05) is 39.1 Å². The molecule has 1 aliphatic heterocycles. The molecule has 0 unspecified atom stereocenters. The number of amides is 2. The van der Waals surface area contributed by atoms with E-state index in [2.05, 4.69) is 21.5 Å². The molecule has 22 heavy (non-hydrogen) atoms. The minimum atomic E-state index is 0.00699. The van der Waals surface area contributed by atoms with Crippen molar-refractivity contribution in [2.45, 2.75) is 18.8 Å². The third-order valence-electron chi connectivity index (χ3n) is 4.27. The van der Waals surface area contributed by atoms with Crippen LogP contribution in [0.4, 0.5) is 4.79 Å². The molecule has 0 atom stereocenters. The minimum absolute atomic E-state index is 0.00699. The van der Waals surface area contributed by atoms with Crippen molar-refractivity contribution in [3.05, 3.63) is 30.1 Å². The second-order valence-electron chi connectivity index (χ2n) is 5.63. The molecule has 0 radical (unpaired) electrons. The monoisotopic (exact) mass is 302 g/mol. The summed E-state index contributed by atoms with van der Waals surface area (Å²) < 4.78 is 4.94. The highest BCUT2D eigenvalue weighted by molar-refractivity contribution is 5.79. The lowest BCUT2D eigenvalue weighted by Crippen LogP contribution is -2.44. The molecule has 0 bridgehead atoms. The predicted octanol–water partition coefficient (Wildman–Crippen LogP) is 2.10. The fraction of sp³-hybridized carbons (Fsp3) is 0.500. The zero-order valence-corrected chi connectivity index (χ0v) is 12.8. The molecule has 1 saturated heterocycles. The van der Waals surface area contributed by atoms with Gasteiger partial charge in [-0.2, -0.15) is 0 Å². The molecule has 0 saturated carbocycles. The number of hydrogen-bond donors (Lipinski definition) is 2. The van der Waals surface area contributed by atoms with Crippen LogP contribution in [-0.4, -0.2) is 54.2 Å². The van der Waals surface area contributed by atoms with Gasteiger partial charge in [0.15, 0.2) is 0 Å². The van der Waals surface area contributed by atoms with Gasteiger partial charge < -0.3 is 19.9 Å². The van der Waals surface area contributed by atoms with Gasteiger partial charge in [0.2, 0.25) is 0 Å². The molecule has 2 aromatic heterocycles. The second kappa shape index (κ2) is 6.79. The van der Waals surface area contributed by atoms with Crippen molar-refractivity contribution in [1.29, 1.82) is 0 Å². The summed E-state index contributed by atoms with van der Waals surface area (Å²) in [6, 6.07) is 3.99. The van der Waals surface area contributed by atoms with Crippen LogP contribution in [-0.2, 0) is 4.74 Å². The first-order chi connectivity index (χ1) is 10.8. The van der Waals surface area contributed by atoms with Crippen LogP contribution in [0.2, 0.25) is 0 Å². The molecule has 6 nitrogen and oxygen atoms in total. The van der Waals surface area contributed by atoms with Crippen LogP contribution in [0.3, 0.4) is 0 Å². The van der Waals surface area contributed by atoms with E-state index in [1.807, 2.05) is 23.2 Å². The molecule has 0 aliphatic carbocycles. The summed E-state index contributed by atoms with van der Waals surface area (Å²) in [5.74, 6) is 0.465. The molecule has 2 aromatic rings. The average molecular weight is 302 g/mol. The van der Waals surface area contributed by atoms with Crippen LogP contribution >= 0.6 is 0 Å². The highest BCUT2D eigenvalue weighted by Gasteiger charge is 2.25. The van der Waals surface area contributed by atoms with E-state index in [4.69, 9.17) is 4.74 Å². The van der Waals surface area contributed by atoms with Crippen LogP contribution in [0, 0.1) is 0 Å². The van der Waals surface area contributed by atoms with Crippen molar-refractivity contribution in [3.8, 4) is 0 Å². The number of carbonyl (C=O) groups is 1. The first-order valence-electron chi connectivity index (χ1n) is 7.73. The number of hydrogen-bond acceptors (Lipinski definition) is 3. The topological polar surface area (TPSA) is 70.2 Å². The molecule has 1 fully saturated rings. The number of nitrogens with zero attached hydrogens (tertiary/aromatic N) is 2. The van der Waals surface area contributed by atoms with Crippen LogP contribution in [0.1, 0.15) is 24.3 Å². The van der Waals surface area contributed by atoms with Crippen LogP contribution < -0.4 is 5.32 Å². The summed E-state index contributed by atoms with van der Waals surface area (Å²) >= 11 is 0. The largest absolute Gasteiger partial charge is 0.383 e. The number of fused-ring (bicyclic) bond motifs is 1. The van der Waals surface area contributed by atoms with Gasteiger partial charge in [-0.25, -0.2) is 4.79 Å². The number of methoxy groups -OCH3 is 1. The maximum absolute atomic E-state index is 12.0. The van der Waals surface area contributed by atoms with E-state index in [0.29, 0.717) is 19.1 Å². The van der Waals surface area contributed by atoms with E-state index in [0.717, 1.165) is 37.0 Å². The summed E-state index contributed by atoms with van der Waals surface area (Å²) in [6.45, 7) is 2.66. The summed E-state index contributed by atoms with van der Waals surface area (Å²) in [6.07, 6.45) is 5.84. The Hall–Kier alpha value is -2.08. The third kappa shape index (κ3) is 3.06. The molecule has 2 N–H and O–H groups in total. The highest BCUT2D eigenvalue weighted by atomic mass is 16.5.